The van der Waals surface area contributed by atoms with Gasteiger partial charge in [-0.15, -0.1) is 11.3 Å². The number of aromatic nitrogens is 3. The van der Waals surface area contributed by atoms with E-state index >= 15 is 0 Å². The van der Waals surface area contributed by atoms with Crippen LogP contribution in [0.2, 0.25) is 0 Å². The van der Waals surface area contributed by atoms with Crippen LogP contribution in [0.3, 0.4) is 0 Å². The minimum absolute atomic E-state index is 0.743. The Balaban J connectivity index is 1.68. The maximum absolute atomic E-state index is 4.63. The average Bonchev–Trinajstić information content (AvgIpc) is 3.05. The predicted molar refractivity (Wildman–Crippen MR) is 82.9 cm³/mol. The van der Waals surface area contributed by atoms with E-state index in [-0.39, 0.29) is 0 Å². The number of hydrogen-bond acceptors (Lipinski definition) is 4. The third-order valence-electron chi connectivity index (χ3n) is 3.08. The molecule has 5 heteroatoms. The van der Waals surface area contributed by atoms with Gasteiger partial charge in [0.1, 0.15) is 5.01 Å². The largest absolute Gasteiger partial charge is 0.313 e. The van der Waals surface area contributed by atoms with Crippen LogP contribution in [0, 0.1) is 0 Å². The molecule has 1 aromatic carbocycles. The molecule has 0 saturated heterocycles. The Morgan fingerprint density at radius 3 is 3.05 bits per heavy atom. The molecule has 0 atom stereocenters. The third-order valence-corrected chi connectivity index (χ3v) is 4.10. The zero-order valence-corrected chi connectivity index (χ0v) is 12.4. The standard InChI is InChI=1S/C15H18N4S/c1-2-7-16-8-12-9-17-19(10-12)11-15-18-13-5-3-4-6-14(13)20-15/h3-6,9-10,16H,2,7-8,11H2,1H3. The Hall–Kier alpha value is -1.72. The maximum Gasteiger partial charge on any atom is 0.115 e. The van der Waals surface area contributed by atoms with Crippen LogP contribution < -0.4 is 5.32 Å². The van der Waals surface area contributed by atoms with Gasteiger partial charge in [-0.1, -0.05) is 19.1 Å². The molecule has 0 spiro atoms. The van der Waals surface area contributed by atoms with E-state index in [0.29, 0.717) is 0 Å². The van der Waals surface area contributed by atoms with Gasteiger partial charge >= 0.3 is 0 Å². The second-order valence-electron chi connectivity index (χ2n) is 4.80. The number of benzene rings is 1. The van der Waals surface area contributed by atoms with Crippen molar-refractivity contribution in [1.29, 1.82) is 0 Å². The van der Waals surface area contributed by atoms with Crippen LogP contribution in [0.1, 0.15) is 23.9 Å². The van der Waals surface area contributed by atoms with Gasteiger partial charge < -0.3 is 5.32 Å². The Labute approximate surface area is 122 Å². The van der Waals surface area contributed by atoms with Crippen LogP contribution in [-0.4, -0.2) is 21.3 Å². The summed E-state index contributed by atoms with van der Waals surface area (Å²) in [5, 5.41) is 8.89. The van der Waals surface area contributed by atoms with Gasteiger partial charge in [-0.2, -0.15) is 5.10 Å². The highest BCUT2D eigenvalue weighted by Crippen LogP contribution is 2.22. The van der Waals surface area contributed by atoms with E-state index < -0.39 is 0 Å². The molecule has 1 N–H and O–H groups in total. The fourth-order valence-corrected chi connectivity index (χ4v) is 3.08. The van der Waals surface area contributed by atoms with E-state index in [1.54, 1.807) is 11.3 Å². The van der Waals surface area contributed by atoms with Gasteiger partial charge in [0.05, 0.1) is 23.0 Å². The number of rotatable bonds is 6. The number of fused-ring (bicyclic) bond motifs is 1. The van der Waals surface area contributed by atoms with Crippen molar-refractivity contribution < 1.29 is 0 Å². The van der Waals surface area contributed by atoms with Gasteiger partial charge in [-0.05, 0) is 25.1 Å². The Morgan fingerprint density at radius 1 is 1.30 bits per heavy atom. The summed E-state index contributed by atoms with van der Waals surface area (Å²) in [6, 6.07) is 8.24. The van der Waals surface area contributed by atoms with Crippen molar-refractivity contribution in [3.63, 3.8) is 0 Å². The molecule has 2 aromatic heterocycles. The van der Waals surface area contributed by atoms with E-state index in [2.05, 4.69) is 46.7 Å². The highest BCUT2D eigenvalue weighted by molar-refractivity contribution is 7.18. The Bertz CT molecular complexity index is 653. The van der Waals surface area contributed by atoms with Crippen molar-refractivity contribution in [2.24, 2.45) is 0 Å². The summed E-state index contributed by atoms with van der Waals surface area (Å²) < 4.78 is 3.19. The minimum Gasteiger partial charge on any atom is -0.313 e. The summed E-state index contributed by atoms with van der Waals surface area (Å²) in [7, 11) is 0. The molecule has 0 fully saturated rings. The molecule has 0 aliphatic rings. The second-order valence-corrected chi connectivity index (χ2v) is 5.91. The molecule has 4 nitrogen and oxygen atoms in total. The van der Waals surface area contributed by atoms with Crippen LogP contribution in [-0.2, 0) is 13.1 Å². The van der Waals surface area contributed by atoms with Gasteiger partial charge in [0.2, 0.25) is 0 Å². The lowest BCUT2D eigenvalue weighted by molar-refractivity contribution is 0.668. The fraction of sp³-hybridized carbons (Fsp3) is 0.333. The first-order valence-corrected chi connectivity index (χ1v) is 7.73. The Kier molecular flexibility index (Phi) is 4.08. The molecule has 0 bridgehead atoms. The molecule has 3 aromatic rings. The number of nitrogens with zero attached hydrogens (tertiary/aromatic N) is 3. The van der Waals surface area contributed by atoms with Gasteiger partial charge in [0.25, 0.3) is 0 Å². The van der Waals surface area contributed by atoms with Crippen LogP contribution in [0.15, 0.2) is 36.7 Å². The van der Waals surface area contributed by atoms with E-state index in [1.165, 1.54) is 10.3 Å². The average molecular weight is 286 g/mol. The van der Waals surface area contributed by atoms with Gasteiger partial charge in [0, 0.05) is 18.3 Å². The highest BCUT2D eigenvalue weighted by Gasteiger charge is 2.05. The predicted octanol–water partition coefficient (Wildman–Crippen LogP) is 3.04. The molecule has 20 heavy (non-hydrogen) atoms. The first-order valence-electron chi connectivity index (χ1n) is 6.91. The molecular formula is C15H18N4S. The number of para-hydroxylation sites is 1. The first kappa shape index (κ1) is 13.3. The molecule has 0 aliphatic heterocycles. The number of hydrogen-bond donors (Lipinski definition) is 1. The summed E-state index contributed by atoms with van der Waals surface area (Å²) in [5.74, 6) is 0. The van der Waals surface area contributed by atoms with Crippen molar-refractivity contribution in [2.75, 3.05) is 6.54 Å². The van der Waals surface area contributed by atoms with Crippen molar-refractivity contribution in [2.45, 2.75) is 26.4 Å². The molecule has 2 heterocycles. The highest BCUT2D eigenvalue weighted by atomic mass is 32.1. The zero-order chi connectivity index (χ0) is 13.8. The summed E-state index contributed by atoms with van der Waals surface area (Å²) in [6.45, 7) is 4.84. The van der Waals surface area contributed by atoms with E-state index in [4.69, 9.17) is 0 Å². The number of thiazole rings is 1. The fourth-order valence-electron chi connectivity index (χ4n) is 2.12. The van der Waals surface area contributed by atoms with Crippen molar-refractivity contribution in [3.05, 3.63) is 47.2 Å². The summed E-state index contributed by atoms with van der Waals surface area (Å²) >= 11 is 1.74. The quantitative estimate of drug-likeness (QED) is 0.708. The molecule has 0 radical (unpaired) electrons. The van der Waals surface area contributed by atoms with E-state index in [9.17, 15) is 0 Å². The molecule has 0 saturated carbocycles. The van der Waals surface area contributed by atoms with Crippen LogP contribution in [0.4, 0.5) is 0 Å². The minimum atomic E-state index is 0.743. The molecule has 0 amide bonds. The van der Waals surface area contributed by atoms with E-state index in [1.807, 2.05) is 16.9 Å². The monoisotopic (exact) mass is 286 g/mol. The third kappa shape index (κ3) is 3.05. The van der Waals surface area contributed by atoms with Crippen molar-refractivity contribution >= 4 is 21.6 Å². The van der Waals surface area contributed by atoms with Gasteiger partial charge in [-0.25, -0.2) is 4.98 Å². The summed E-state index contributed by atoms with van der Waals surface area (Å²) in [4.78, 5) is 4.63. The molecular weight excluding hydrogens is 268 g/mol. The SMILES string of the molecule is CCCNCc1cnn(Cc2nc3ccccc3s2)c1. The molecule has 3 rings (SSSR count). The second kappa shape index (κ2) is 6.15. The summed E-state index contributed by atoms with van der Waals surface area (Å²) in [6.07, 6.45) is 5.17. The van der Waals surface area contributed by atoms with Gasteiger partial charge in [-0.3, -0.25) is 4.68 Å². The zero-order valence-electron chi connectivity index (χ0n) is 11.5. The Morgan fingerprint density at radius 2 is 2.20 bits per heavy atom. The smallest absolute Gasteiger partial charge is 0.115 e. The molecule has 104 valence electrons. The summed E-state index contributed by atoms with van der Waals surface area (Å²) in [5.41, 5.74) is 2.30. The lowest BCUT2D eigenvalue weighted by atomic mass is 10.3. The lowest BCUT2D eigenvalue weighted by Crippen LogP contribution is -2.13. The maximum atomic E-state index is 4.63. The topological polar surface area (TPSA) is 42.7 Å². The van der Waals surface area contributed by atoms with Crippen molar-refractivity contribution in [3.8, 4) is 0 Å². The van der Waals surface area contributed by atoms with Crippen LogP contribution >= 0.6 is 11.3 Å². The number of nitrogens with one attached hydrogen (secondary N) is 1. The molecule has 0 aliphatic carbocycles. The van der Waals surface area contributed by atoms with Crippen LogP contribution in [0.25, 0.3) is 10.2 Å². The molecule has 0 unspecified atom stereocenters. The lowest BCUT2D eigenvalue weighted by Gasteiger charge is -1.99. The first-order chi connectivity index (χ1) is 9.85. The van der Waals surface area contributed by atoms with E-state index in [0.717, 1.165) is 36.6 Å². The van der Waals surface area contributed by atoms with Gasteiger partial charge in [0.15, 0.2) is 0 Å². The normalized spacial score (nSPS) is 11.2. The van der Waals surface area contributed by atoms with Crippen molar-refractivity contribution in [1.82, 2.24) is 20.1 Å². The van der Waals surface area contributed by atoms with Crippen LogP contribution in [0.5, 0.6) is 0 Å².